The van der Waals surface area contributed by atoms with Crippen LogP contribution in [0, 0.1) is 22.7 Å². The van der Waals surface area contributed by atoms with Crippen LogP contribution < -0.4 is 16.4 Å². The number of nitrogen functional groups attached to an aromatic ring is 1. The van der Waals surface area contributed by atoms with Crippen molar-refractivity contribution in [3.8, 4) is 0 Å². The van der Waals surface area contributed by atoms with Crippen LogP contribution >= 0.6 is 0 Å². The van der Waals surface area contributed by atoms with Crippen LogP contribution in [0.2, 0.25) is 0 Å². The average molecular weight is 688 g/mol. The average Bonchev–Trinajstić information content (AvgIpc) is 3.49. The zero-order chi connectivity index (χ0) is 35.6. The summed E-state index contributed by atoms with van der Waals surface area (Å²) >= 11 is 0. The zero-order valence-corrected chi connectivity index (χ0v) is 29.0. The van der Waals surface area contributed by atoms with Crippen molar-refractivity contribution in [1.82, 2.24) is 25.2 Å². The predicted octanol–water partition coefficient (Wildman–Crippen LogP) is 2.71. The van der Waals surface area contributed by atoms with Gasteiger partial charge in [0.25, 0.3) is 0 Å². The molecule has 2 aliphatic heterocycles. The van der Waals surface area contributed by atoms with Gasteiger partial charge in [0.1, 0.15) is 11.6 Å². The number of nitrogens with one attached hydrogen (secondary N) is 2. The minimum atomic E-state index is -0.782. The number of carbonyl (C=O) groups excluding carboxylic acids is 2. The number of aliphatic hydroxyl groups excluding tert-OH is 2. The second-order valence-corrected chi connectivity index (χ2v) is 14.6. The summed E-state index contributed by atoms with van der Waals surface area (Å²) in [6.45, 7) is 12.7. The number of allylic oxidation sites excluding steroid dienone is 1. The molecule has 2 aromatic rings. The Morgan fingerprint density at radius 3 is 2.64 bits per heavy atom. The molecule has 3 fully saturated rings. The molecule has 2 saturated carbocycles. The van der Waals surface area contributed by atoms with E-state index >= 15 is 0 Å². The van der Waals surface area contributed by atoms with E-state index in [1.165, 1.54) is 0 Å². The van der Waals surface area contributed by atoms with Crippen LogP contribution in [-0.4, -0.2) is 99.1 Å². The van der Waals surface area contributed by atoms with Gasteiger partial charge >= 0.3 is 5.97 Å². The Bertz CT molecular complexity index is 1630. The number of nitrogens with zero attached hydrogens (tertiary/aromatic N) is 4. The van der Waals surface area contributed by atoms with Crippen LogP contribution in [0.3, 0.4) is 0 Å². The van der Waals surface area contributed by atoms with Gasteiger partial charge in [-0.15, -0.1) is 0 Å². The number of hydrogen-bond acceptors (Lipinski definition) is 12. The maximum Gasteiger partial charge on any atom is 0.341 e. The van der Waals surface area contributed by atoms with Crippen LogP contribution in [0.4, 0.5) is 11.8 Å². The molecule has 13 nitrogen and oxygen atoms in total. The molecular formula is C37H49N7O6. The Kier molecular flexibility index (Phi) is 10.4. The Hall–Kier alpha value is -4.17. The van der Waals surface area contributed by atoms with Crippen LogP contribution in [-0.2, 0) is 19.1 Å². The number of nitrogens with two attached hydrogens (primary N) is 1. The second kappa shape index (κ2) is 14.6. The molecule has 4 heterocycles. The first-order valence-corrected chi connectivity index (χ1v) is 17.4. The minimum Gasteiger partial charge on any atom is -0.423 e. The standard InChI is InChI=1S/C37H49N7O6/c1-22-27(17-29(43-32-7-5-6-10-39-32)26-16-25(50-34(26)48)15-24-19-40-35(38)41-20-24)36(3)9-8-31(46)37(4,21-45)30(36)18-28(22)42-23(2)33(47)44-11-13-49-14-12-44/h5-7,10,15-16,19-20,23,27-31,42,45-46H,1,8-9,11-14,17-18,21H2,2-4H3,(H,39,43)(H2,38,40,41)/b25-15+/t23?,27?,28?,29?,30?,31-,36-,37+/m1/s1. The molecule has 8 atom stereocenters. The lowest BCUT2D eigenvalue weighted by atomic mass is 9.45. The summed E-state index contributed by atoms with van der Waals surface area (Å²) in [7, 11) is 0. The number of anilines is 2. The van der Waals surface area contributed by atoms with Crippen molar-refractivity contribution >= 4 is 29.7 Å². The number of fused-ring (bicyclic) bond motifs is 1. The molecule has 13 heteroatoms. The van der Waals surface area contributed by atoms with E-state index in [-0.39, 0.29) is 36.3 Å². The molecule has 0 aromatic carbocycles. The smallest absolute Gasteiger partial charge is 0.341 e. The lowest BCUT2D eigenvalue weighted by molar-refractivity contribution is -0.157. The lowest BCUT2D eigenvalue weighted by Crippen LogP contribution is -2.62. The Morgan fingerprint density at radius 1 is 1.22 bits per heavy atom. The topological polar surface area (TPSA) is 185 Å². The summed E-state index contributed by atoms with van der Waals surface area (Å²) in [5.41, 5.74) is 6.46. The second-order valence-electron chi connectivity index (χ2n) is 14.6. The van der Waals surface area contributed by atoms with E-state index in [2.05, 4.69) is 39.1 Å². The van der Waals surface area contributed by atoms with E-state index in [1.807, 2.05) is 36.9 Å². The molecule has 0 bridgehead atoms. The number of rotatable bonds is 10. The van der Waals surface area contributed by atoms with Crippen LogP contribution in [0.5, 0.6) is 0 Å². The number of aromatic nitrogens is 3. The van der Waals surface area contributed by atoms with E-state index in [0.29, 0.717) is 74.7 Å². The normalized spacial score (nSPS) is 31.8. The van der Waals surface area contributed by atoms with Crippen LogP contribution in [0.15, 0.2) is 66.3 Å². The van der Waals surface area contributed by atoms with Gasteiger partial charge in [0.15, 0.2) is 0 Å². The summed E-state index contributed by atoms with van der Waals surface area (Å²) in [4.78, 5) is 41.5. The number of hydrogen-bond donors (Lipinski definition) is 5. The Morgan fingerprint density at radius 2 is 1.96 bits per heavy atom. The third kappa shape index (κ3) is 7.05. The first-order valence-electron chi connectivity index (χ1n) is 17.4. The van der Waals surface area contributed by atoms with Gasteiger partial charge in [-0.25, -0.2) is 19.7 Å². The number of esters is 1. The summed E-state index contributed by atoms with van der Waals surface area (Å²) in [5.74, 6) is 0.298. The van der Waals surface area contributed by atoms with Gasteiger partial charge < -0.3 is 35.6 Å². The maximum absolute atomic E-state index is 13.6. The van der Waals surface area contributed by atoms with Crippen molar-refractivity contribution in [3.05, 3.63) is 71.9 Å². The molecule has 2 aromatic heterocycles. The monoisotopic (exact) mass is 687 g/mol. The van der Waals surface area contributed by atoms with Crippen molar-refractivity contribution in [2.75, 3.05) is 44.0 Å². The summed E-state index contributed by atoms with van der Waals surface area (Å²) in [5, 5.41) is 29.2. The molecule has 50 heavy (non-hydrogen) atoms. The summed E-state index contributed by atoms with van der Waals surface area (Å²) in [6, 6.07) is 4.23. The molecule has 1 saturated heterocycles. The van der Waals surface area contributed by atoms with E-state index in [4.69, 9.17) is 15.2 Å². The van der Waals surface area contributed by atoms with Crippen molar-refractivity contribution in [2.24, 2.45) is 22.7 Å². The quantitative estimate of drug-likeness (QED) is 0.182. The molecule has 268 valence electrons. The van der Waals surface area contributed by atoms with Gasteiger partial charge in [0.05, 0.1) is 43.6 Å². The highest BCUT2D eigenvalue weighted by Gasteiger charge is 2.60. The van der Waals surface area contributed by atoms with E-state index < -0.39 is 35.0 Å². The molecule has 2 aliphatic carbocycles. The minimum absolute atomic E-state index is 0.000968. The van der Waals surface area contributed by atoms with E-state index in [9.17, 15) is 19.8 Å². The number of aliphatic hydroxyl groups is 2. The zero-order valence-electron chi connectivity index (χ0n) is 29.0. The fraction of sp³-hybridized carbons (Fsp3) is 0.541. The number of cyclic esters (lactones) is 1. The highest BCUT2D eigenvalue weighted by atomic mass is 16.5. The van der Waals surface area contributed by atoms with Gasteiger partial charge in [0.2, 0.25) is 11.9 Å². The van der Waals surface area contributed by atoms with Gasteiger partial charge in [-0.05, 0) is 74.1 Å². The summed E-state index contributed by atoms with van der Waals surface area (Å²) in [6.07, 6.45) is 9.79. The molecule has 0 radical (unpaired) electrons. The molecule has 0 spiro atoms. The predicted molar refractivity (Wildman–Crippen MR) is 188 cm³/mol. The Balaban J connectivity index is 1.35. The number of pyridine rings is 1. The number of amides is 1. The molecule has 5 unspecified atom stereocenters. The van der Waals surface area contributed by atoms with Crippen molar-refractivity contribution in [3.63, 3.8) is 0 Å². The molecule has 4 aliphatic rings. The Labute approximate surface area is 293 Å². The van der Waals surface area contributed by atoms with Gasteiger partial charge in [-0.1, -0.05) is 32.1 Å². The third-order valence-electron chi connectivity index (χ3n) is 11.5. The number of carbonyl (C=O) groups is 2. The van der Waals surface area contributed by atoms with Crippen molar-refractivity contribution in [2.45, 2.75) is 70.7 Å². The van der Waals surface area contributed by atoms with Gasteiger partial charge in [-0.2, -0.15) is 0 Å². The SMILES string of the molecule is C=C1C(NC(C)C(=O)N2CCOCC2)CC2[C@](C)(CC[C@@H](O)[C@@]2(C)CO)C1CC(Nc1ccccn1)C1=C/C(=C\c2cnc(N)nc2)OC1=O. The third-order valence-corrected chi connectivity index (χ3v) is 11.5. The van der Waals surface area contributed by atoms with Crippen molar-refractivity contribution < 1.29 is 29.3 Å². The highest BCUT2D eigenvalue weighted by molar-refractivity contribution is 5.95. The fourth-order valence-electron chi connectivity index (χ4n) is 8.62. The fourth-order valence-corrected chi connectivity index (χ4v) is 8.62. The van der Waals surface area contributed by atoms with E-state index in [0.717, 1.165) is 5.57 Å². The van der Waals surface area contributed by atoms with Gasteiger partial charge in [0, 0.05) is 48.7 Å². The molecule has 6 rings (SSSR count). The molecule has 6 N–H and O–H groups in total. The van der Waals surface area contributed by atoms with Crippen LogP contribution in [0.1, 0.15) is 52.0 Å². The number of morpholine rings is 1. The number of ether oxygens (including phenoxy) is 2. The van der Waals surface area contributed by atoms with Crippen molar-refractivity contribution in [1.29, 1.82) is 0 Å². The summed E-state index contributed by atoms with van der Waals surface area (Å²) < 4.78 is 11.2. The largest absolute Gasteiger partial charge is 0.423 e. The molecule has 1 amide bonds. The van der Waals surface area contributed by atoms with Gasteiger partial charge in [-0.3, -0.25) is 10.1 Å². The lowest BCUT2D eigenvalue weighted by Gasteiger charge is -2.62. The van der Waals surface area contributed by atoms with E-state index in [1.54, 1.807) is 30.7 Å². The maximum atomic E-state index is 13.6. The highest BCUT2D eigenvalue weighted by Crippen LogP contribution is 2.62. The first kappa shape index (κ1) is 35.6. The van der Waals surface area contributed by atoms with Crippen LogP contribution in [0.25, 0.3) is 6.08 Å². The molecular weight excluding hydrogens is 638 g/mol. The first-order chi connectivity index (χ1) is 23.9.